The third-order valence-electron chi connectivity index (χ3n) is 1.82. The van der Waals surface area contributed by atoms with Gasteiger partial charge in [0.15, 0.2) is 12.1 Å². The average molecular weight is 195 g/mol. The zero-order chi connectivity index (χ0) is 9.30. The van der Waals surface area contributed by atoms with Gasteiger partial charge in [-0.05, 0) is 6.92 Å². The molecule has 0 bridgehead atoms. The van der Waals surface area contributed by atoms with Crippen molar-refractivity contribution < 1.29 is 19.4 Å². The van der Waals surface area contributed by atoms with Crippen LogP contribution in [-0.2, 0) is 14.3 Å². The molecule has 0 radical (unpaired) electrons. The topological polar surface area (TPSA) is 55.8 Å². The van der Waals surface area contributed by atoms with Crippen LogP contribution in [0.5, 0.6) is 0 Å². The first kappa shape index (κ1) is 9.92. The van der Waals surface area contributed by atoms with Crippen LogP contribution in [0.15, 0.2) is 0 Å². The van der Waals surface area contributed by atoms with Gasteiger partial charge in [0.2, 0.25) is 0 Å². The summed E-state index contributed by atoms with van der Waals surface area (Å²) in [4.78, 5) is 11.1. The number of alkyl halides is 1. The maximum atomic E-state index is 11.1. The van der Waals surface area contributed by atoms with Crippen molar-refractivity contribution in [1.82, 2.24) is 0 Å². The van der Waals surface area contributed by atoms with Crippen molar-refractivity contribution in [3.8, 4) is 0 Å². The van der Waals surface area contributed by atoms with Gasteiger partial charge in [-0.15, -0.1) is 11.6 Å². The fourth-order valence-electron chi connectivity index (χ4n) is 1.07. The van der Waals surface area contributed by atoms with Gasteiger partial charge in [0, 0.05) is 7.11 Å². The summed E-state index contributed by atoms with van der Waals surface area (Å²) in [6.07, 6.45) is -2.50. The highest BCUT2D eigenvalue weighted by atomic mass is 35.5. The number of aliphatic hydroxyl groups is 1. The normalized spacial score (nSPS) is 43.2. The Balaban J connectivity index is 2.70. The Labute approximate surface area is 75.4 Å². The zero-order valence-electron chi connectivity index (χ0n) is 6.86. The molecule has 5 heteroatoms. The van der Waals surface area contributed by atoms with Gasteiger partial charge in [0.1, 0.15) is 17.6 Å². The third kappa shape index (κ3) is 1.61. The average Bonchev–Trinajstić information content (AvgIpc) is 2.08. The maximum Gasteiger partial charge on any atom is 0.185 e. The van der Waals surface area contributed by atoms with E-state index in [0.29, 0.717) is 0 Å². The first-order valence-corrected chi connectivity index (χ1v) is 4.05. The largest absolute Gasteiger partial charge is 0.386 e. The lowest BCUT2D eigenvalue weighted by atomic mass is 10.1. The Hall–Kier alpha value is -0.160. The first-order chi connectivity index (χ1) is 5.57. The van der Waals surface area contributed by atoms with E-state index in [1.54, 1.807) is 6.92 Å². The molecule has 1 heterocycles. The van der Waals surface area contributed by atoms with Crippen LogP contribution in [-0.4, -0.2) is 41.9 Å². The Kier molecular flexibility index (Phi) is 3.06. The van der Waals surface area contributed by atoms with Crippen LogP contribution in [0, 0.1) is 0 Å². The van der Waals surface area contributed by atoms with E-state index in [-0.39, 0.29) is 5.78 Å². The number of rotatable bonds is 1. The summed E-state index contributed by atoms with van der Waals surface area (Å²) in [6.45, 7) is 1.58. The second-order valence-corrected chi connectivity index (χ2v) is 3.15. The van der Waals surface area contributed by atoms with Crippen molar-refractivity contribution in [2.75, 3.05) is 7.11 Å². The predicted octanol–water partition coefficient (Wildman–Crippen LogP) is -0.0850. The molecule has 1 aliphatic heterocycles. The highest BCUT2D eigenvalue weighted by Gasteiger charge is 2.41. The van der Waals surface area contributed by atoms with Gasteiger partial charge < -0.3 is 14.6 Å². The smallest absolute Gasteiger partial charge is 0.185 e. The second kappa shape index (κ2) is 3.70. The molecule has 0 aromatic carbocycles. The van der Waals surface area contributed by atoms with Crippen molar-refractivity contribution in [3.63, 3.8) is 0 Å². The molecule has 1 saturated heterocycles. The lowest BCUT2D eigenvalue weighted by molar-refractivity contribution is -0.218. The van der Waals surface area contributed by atoms with Crippen molar-refractivity contribution in [1.29, 1.82) is 0 Å². The third-order valence-corrected chi connectivity index (χ3v) is 2.29. The SMILES string of the molecule is COC1OC(C)C(=O)C(Cl)C1O. The Morgan fingerprint density at radius 1 is 1.67 bits per heavy atom. The standard InChI is InChI=1S/C7H11ClO4/c1-3-5(9)4(8)6(10)7(11-2)12-3/h3-4,6-7,10H,1-2H3. The molecule has 0 amide bonds. The number of carbonyl (C=O) groups is 1. The highest BCUT2D eigenvalue weighted by molar-refractivity contribution is 6.32. The number of carbonyl (C=O) groups excluding carboxylic acids is 1. The molecule has 0 spiro atoms. The number of halogens is 1. The van der Waals surface area contributed by atoms with Crippen LogP contribution in [0.1, 0.15) is 6.92 Å². The first-order valence-electron chi connectivity index (χ1n) is 3.62. The number of ether oxygens (including phenoxy) is 2. The molecule has 4 nitrogen and oxygen atoms in total. The lowest BCUT2D eigenvalue weighted by Gasteiger charge is -2.33. The van der Waals surface area contributed by atoms with Gasteiger partial charge in [-0.1, -0.05) is 0 Å². The minimum Gasteiger partial charge on any atom is -0.386 e. The van der Waals surface area contributed by atoms with Gasteiger partial charge in [-0.2, -0.15) is 0 Å². The Bertz CT molecular complexity index is 184. The molecule has 0 aliphatic carbocycles. The number of aliphatic hydroxyl groups excluding tert-OH is 1. The molecule has 1 aliphatic rings. The van der Waals surface area contributed by atoms with Gasteiger partial charge in [-0.25, -0.2) is 0 Å². The Morgan fingerprint density at radius 2 is 2.25 bits per heavy atom. The van der Waals surface area contributed by atoms with Crippen LogP contribution in [0.25, 0.3) is 0 Å². The molecule has 0 aromatic rings. The van der Waals surface area contributed by atoms with E-state index in [9.17, 15) is 9.90 Å². The summed E-state index contributed by atoms with van der Waals surface area (Å²) < 4.78 is 9.81. The van der Waals surface area contributed by atoms with Crippen LogP contribution < -0.4 is 0 Å². The predicted molar refractivity (Wildman–Crippen MR) is 42.0 cm³/mol. The molecule has 12 heavy (non-hydrogen) atoms. The van der Waals surface area contributed by atoms with Crippen molar-refractivity contribution in [2.24, 2.45) is 0 Å². The van der Waals surface area contributed by atoms with Crippen molar-refractivity contribution >= 4 is 17.4 Å². The van der Waals surface area contributed by atoms with E-state index in [0.717, 1.165) is 0 Å². The van der Waals surface area contributed by atoms with Gasteiger partial charge in [0.05, 0.1) is 0 Å². The zero-order valence-corrected chi connectivity index (χ0v) is 7.62. The minimum atomic E-state index is -1.08. The molecular formula is C7H11ClO4. The van der Waals surface area contributed by atoms with Crippen LogP contribution in [0.2, 0.25) is 0 Å². The monoisotopic (exact) mass is 194 g/mol. The van der Waals surface area contributed by atoms with Gasteiger partial charge in [-0.3, -0.25) is 4.79 Å². The molecular weight excluding hydrogens is 184 g/mol. The van der Waals surface area contributed by atoms with Crippen LogP contribution >= 0.6 is 11.6 Å². The van der Waals surface area contributed by atoms with E-state index in [1.807, 2.05) is 0 Å². The van der Waals surface area contributed by atoms with Crippen LogP contribution in [0.4, 0.5) is 0 Å². The van der Waals surface area contributed by atoms with Gasteiger partial charge in [0.25, 0.3) is 0 Å². The van der Waals surface area contributed by atoms with E-state index in [4.69, 9.17) is 21.1 Å². The molecule has 70 valence electrons. The van der Waals surface area contributed by atoms with E-state index >= 15 is 0 Å². The number of methoxy groups -OCH3 is 1. The number of Topliss-reactive ketones (excluding diaryl/α,β-unsaturated/α-hetero) is 1. The Morgan fingerprint density at radius 3 is 2.75 bits per heavy atom. The van der Waals surface area contributed by atoms with Gasteiger partial charge >= 0.3 is 0 Å². The summed E-state index contributed by atoms with van der Waals surface area (Å²) in [6, 6.07) is 0. The number of hydrogen-bond donors (Lipinski definition) is 1. The van der Waals surface area contributed by atoms with Crippen molar-refractivity contribution in [3.05, 3.63) is 0 Å². The minimum absolute atomic E-state index is 0.308. The molecule has 1 rings (SSSR count). The molecule has 0 aromatic heterocycles. The van der Waals surface area contributed by atoms with Crippen LogP contribution in [0.3, 0.4) is 0 Å². The summed E-state index contributed by atoms with van der Waals surface area (Å²) in [7, 11) is 1.39. The fraction of sp³-hybridized carbons (Fsp3) is 0.857. The lowest BCUT2D eigenvalue weighted by Crippen LogP contribution is -2.52. The number of hydrogen-bond acceptors (Lipinski definition) is 4. The van der Waals surface area contributed by atoms with E-state index in [1.165, 1.54) is 7.11 Å². The molecule has 1 N–H and O–H groups in total. The molecule has 4 unspecified atom stereocenters. The molecule has 4 atom stereocenters. The highest BCUT2D eigenvalue weighted by Crippen LogP contribution is 2.21. The number of ketones is 1. The molecule has 0 saturated carbocycles. The second-order valence-electron chi connectivity index (χ2n) is 2.68. The van der Waals surface area contributed by atoms with Crippen molar-refractivity contribution in [2.45, 2.75) is 30.8 Å². The summed E-state index contributed by atoms with van der Waals surface area (Å²) in [5.41, 5.74) is 0. The van der Waals surface area contributed by atoms with E-state index in [2.05, 4.69) is 0 Å². The fourth-order valence-corrected chi connectivity index (χ4v) is 1.37. The maximum absolute atomic E-state index is 11.1. The quantitative estimate of drug-likeness (QED) is 0.593. The molecule has 1 fully saturated rings. The summed E-state index contributed by atoms with van der Waals surface area (Å²) in [5, 5.41) is 8.39. The summed E-state index contributed by atoms with van der Waals surface area (Å²) in [5.74, 6) is -0.308. The summed E-state index contributed by atoms with van der Waals surface area (Å²) >= 11 is 5.63. The van der Waals surface area contributed by atoms with E-state index < -0.39 is 23.9 Å².